The van der Waals surface area contributed by atoms with E-state index >= 15 is 0 Å². The molecule has 2 aromatic carbocycles. The highest BCUT2D eigenvalue weighted by Gasteiger charge is 2.29. The molecule has 118 valence electrons. The van der Waals surface area contributed by atoms with Gasteiger partial charge in [0.2, 0.25) is 5.91 Å². The van der Waals surface area contributed by atoms with Gasteiger partial charge in [0.25, 0.3) is 0 Å². The van der Waals surface area contributed by atoms with Gasteiger partial charge in [-0.1, -0.05) is 35.3 Å². The molecule has 0 aliphatic carbocycles. The van der Waals surface area contributed by atoms with Crippen LogP contribution in [0.15, 0.2) is 42.5 Å². The molecule has 2 aromatic rings. The summed E-state index contributed by atoms with van der Waals surface area (Å²) in [5.74, 6) is -0.371. The Morgan fingerprint density at radius 3 is 2.74 bits per heavy atom. The first kappa shape index (κ1) is 15.6. The number of hydrogen-bond donors (Lipinski definition) is 2. The van der Waals surface area contributed by atoms with Gasteiger partial charge in [0.05, 0.1) is 22.2 Å². The molecule has 1 aliphatic heterocycles. The van der Waals surface area contributed by atoms with Gasteiger partial charge >= 0.3 is 5.97 Å². The number of carbonyl (C=O) groups is 2. The van der Waals surface area contributed by atoms with E-state index in [0.29, 0.717) is 27.2 Å². The molecule has 1 heterocycles. The number of ether oxygens (including phenoxy) is 1. The first-order chi connectivity index (χ1) is 11.0. The van der Waals surface area contributed by atoms with Gasteiger partial charge < -0.3 is 15.4 Å². The highest BCUT2D eigenvalue weighted by atomic mass is 35.5. The van der Waals surface area contributed by atoms with Crippen molar-refractivity contribution in [3.63, 3.8) is 0 Å². The van der Waals surface area contributed by atoms with Gasteiger partial charge in [-0.25, -0.2) is 4.79 Å². The standard InChI is InChI=1S/C16H12Cl2N2O3/c17-10-6-5-9(7-11(10)18)19-15(21)8-13-16(22)23-14-4-2-1-3-12(14)20-13/h1-7,13,20H,8H2,(H,19,21)/t13-/m1/s1. The van der Waals surface area contributed by atoms with Gasteiger partial charge in [-0.15, -0.1) is 0 Å². The smallest absolute Gasteiger partial charge is 0.334 e. The van der Waals surface area contributed by atoms with E-state index in [1.54, 1.807) is 36.4 Å². The summed E-state index contributed by atoms with van der Waals surface area (Å²) in [6.45, 7) is 0. The zero-order valence-electron chi connectivity index (χ0n) is 11.8. The van der Waals surface area contributed by atoms with Crippen LogP contribution in [0, 0.1) is 0 Å². The summed E-state index contributed by atoms with van der Waals surface area (Å²) in [5.41, 5.74) is 1.19. The van der Waals surface area contributed by atoms with Crippen molar-refractivity contribution in [1.82, 2.24) is 0 Å². The maximum Gasteiger partial charge on any atom is 0.334 e. The van der Waals surface area contributed by atoms with E-state index in [1.165, 1.54) is 0 Å². The summed E-state index contributed by atoms with van der Waals surface area (Å²) in [7, 11) is 0. The lowest BCUT2D eigenvalue weighted by molar-refractivity contribution is -0.137. The van der Waals surface area contributed by atoms with Crippen LogP contribution < -0.4 is 15.4 Å². The molecule has 0 fully saturated rings. The van der Waals surface area contributed by atoms with Crippen molar-refractivity contribution in [2.45, 2.75) is 12.5 Å². The second kappa shape index (κ2) is 6.48. The number of halogens is 2. The third-order valence-corrected chi connectivity index (χ3v) is 4.04. The molecule has 0 bridgehead atoms. The summed E-state index contributed by atoms with van der Waals surface area (Å²) in [5, 5.41) is 6.42. The maximum absolute atomic E-state index is 12.1. The number of carbonyl (C=O) groups excluding carboxylic acids is 2. The van der Waals surface area contributed by atoms with E-state index in [1.807, 2.05) is 6.07 Å². The van der Waals surface area contributed by atoms with Crippen LogP contribution in [0.25, 0.3) is 0 Å². The Morgan fingerprint density at radius 1 is 1.17 bits per heavy atom. The van der Waals surface area contributed by atoms with Gasteiger partial charge in [0, 0.05) is 5.69 Å². The fraction of sp³-hybridized carbons (Fsp3) is 0.125. The molecule has 1 amide bonds. The van der Waals surface area contributed by atoms with Crippen molar-refractivity contribution >= 4 is 46.5 Å². The number of nitrogens with one attached hydrogen (secondary N) is 2. The molecular formula is C16H12Cl2N2O3. The Labute approximate surface area is 142 Å². The zero-order chi connectivity index (χ0) is 16.4. The molecule has 5 nitrogen and oxygen atoms in total. The quantitative estimate of drug-likeness (QED) is 0.653. The van der Waals surface area contributed by atoms with Crippen LogP contribution in [-0.4, -0.2) is 17.9 Å². The molecule has 2 N–H and O–H groups in total. The number of para-hydroxylation sites is 2. The molecule has 0 saturated heterocycles. The third-order valence-electron chi connectivity index (χ3n) is 3.30. The minimum Gasteiger partial charge on any atom is -0.423 e. The van der Waals surface area contributed by atoms with E-state index in [9.17, 15) is 9.59 Å². The first-order valence-corrected chi connectivity index (χ1v) is 7.60. The lowest BCUT2D eigenvalue weighted by atomic mass is 10.1. The predicted octanol–water partition coefficient (Wildman–Crippen LogP) is 3.72. The van der Waals surface area contributed by atoms with Crippen molar-refractivity contribution in [2.75, 3.05) is 10.6 Å². The highest BCUT2D eigenvalue weighted by Crippen LogP contribution is 2.30. The van der Waals surface area contributed by atoms with Gasteiger partial charge in [0.1, 0.15) is 6.04 Å². The average Bonchev–Trinajstić information content (AvgIpc) is 2.51. The summed E-state index contributed by atoms with van der Waals surface area (Å²) in [4.78, 5) is 24.0. The molecule has 23 heavy (non-hydrogen) atoms. The van der Waals surface area contributed by atoms with Crippen LogP contribution in [0.1, 0.15) is 6.42 Å². The molecule has 0 saturated carbocycles. The average molecular weight is 351 g/mol. The molecule has 1 atom stereocenters. The molecule has 0 unspecified atom stereocenters. The van der Waals surface area contributed by atoms with Gasteiger partial charge in [-0.2, -0.15) is 0 Å². The van der Waals surface area contributed by atoms with Crippen molar-refractivity contribution in [2.24, 2.45) is 0 Å². The van der Waals surface area contributed by atoms with Crippen LogP contribution in [0.3, 0.4) is 0 Å². The van der Waals surface area contributed by atoms with E-state index in [2.05, 4.69) is 10.6 Å². The van der Waals surface area contributed by atoms with Gasteiger partial charge in [-0.3, -0.25) is 4.79 Å². The van der Waals surface area contributed by atoms with Crippen LogP contribution in [0.4, 0.5) is 11.4 Å². The van der Waals surface area contributed by atoms with Crippen LogP contribution in [0.5, 0.6) is 5.75 Å². The topological polar surface area (TPSA) is 67.4 Å². The van der Waals surface area contributed by atoms with E-state index in [4.69, 9.17) is 27.9 Å². The molecule has 0 aromatic heterocycles. The second-order valence-corrected chi connectivity index (χ2v) is 5.81. The Morgan fingerprint density at radius 2 is 1.96 bits per heavy atom. The Balaban J connectivity index is 1.66. The summed E-state index contributed by atoms with van der Waals surface area (Å²) >= 11 is 11.7. The number of amides is 1. The second-order valence-electron chi connectivity index (χ2n) is 5.00. The van der Waals surface area contributed by atoms with Crippen molar-refractivity contribution in [3.05, 3.63) is 52.5 Å². The number of esters is 1. The lowest BCUT2D eigenvalue weighted by Gasteiger charge is -2.25. The van der Waals surface area contributed by atoms with Crippen molar-refractivity contribution in [3.8, 4) is 5.75 Å². The van der Waals surface area contributed by atoms with Crippen molar-refractivity contribution in [1.29, 1.82) is 0 Å². The summed E-state index contributed by atoms with van der Waals surface area (Å²) in [6.07, 6.45) is -0.0621. The van der Waals surface area contributed by atoms with Crippen LogP contribution in [-0.2, 0) is 9.59 Å². The van der Waals surface area contributed by atoms with Crippen molar-refractivity contribution < 1.29 is 14.3 Å². The Kier molecular flexibility index (Phi) is 4.41. The van der Waals surface area contributed by atoms with Crippen LogP contribution in [0.2, 0.25) is 10.0 Å². The fourth-order valence-electron chi connectivity index (χ4n) is 2.21. The number of benzene rings is 2. The van der Waals surface area contributed by atoms with E-state index < -0.39 is 12.0 Å². The SMILES string of the molecule is O=C(C[C@H]1Nc2ccccc2OC1=O)Nc1ccc(Cl)c(Cl)c1. The Bertz CT molecular complexity index is 780. The fourth-order valence-corrected chi connectivity index (χ4v) is 2.50. The molecule has 7 heteroatoms. The highest BCUT2D eigenvalue weighted by molar-refractivity contribution is 6.42. The molecule has 3 rings (SSSR count). The van der Waals surface area contributed by atoms with E-state index in [0.717, 1.165) is 0 Å². The minimum atomic E-state index is -0.743. The number of fused-ring (bicyclic) bond motifs is 1. The zero-order valence-corrected chi connectivity index (χ0v) is 13.3. The number of rotatable bonds is 3. The molecule has 0 radical (unpaired) electrons. The van der Waals surface area contributed by atoms with Gasteiger partial charge in [0.15, 0.2) is 5.75 Å². The summed E-state index contributed by atoms with van der Waals surface area (Å²) < 4.78 is 5.21. The molecule has 1 aliphatic rings. The molecule has 0 spiro atoms. The number of hydrogen-bond acceptors (Lipinski definition) is 4. The normalized spacial score (nSPS) is 16.1. The maximum atomic E-state index is 12.1. The van der Waals surface area contributed by atoms with E-state index in [-0.39, 0.29) is 12.3 Å². The van der Waals surface area contributed by atoms with Crippen LogP contribution >= 0.6 is 23.2 Å². The summed E-state index contributed by atoms with van der Waals surface area (Å²) in [6, 6.07) is 11.1. The largest absolute Gasteiger partial charge is 0.423 e. The number of anilines is 2. The minimum absolute atomic E-state index is 0.0621. The monoisotopic (exact) mass is 350 g/mol. The first-order valence-electron chi connectivity index (χ1n) is 6.85. The lowest BCUT2D eigenvalue weighted by Crippen LogP contribution is -2.39. The third kappa shape index (κ3) is 3.57. The van der Waals surface area contributed by atoms with Gasteiger partial charge in [-0.05, 0) is 30.3 Å². The molecular weight excluding hydrogens is 339 g/mol. The predicted molar refractivity (Wildman–Crippen MR) is 89.2 cm³/mol. The Hall–Kier alpha value is -2.24.